The summed E-state index contributed by atoms with van der Waals surface area (Å²) in [6.07, 6.45) is -2.30. The van der Waals surface area contributed by atoms with E-state index in [4.69, 9.17) is 4.74 Å². The summed E-state index contributed by atoms with van der Waals surface area (Å²) in [7, 11) is 1.58. The Morgan fingerprint density at radius 3 is 2.30 bits per heavy atom. The molecule has 0 aliphatic rings. The van der Waals surface area contributed by atoms with Gasteiger partial charge in [-0.2, -0.15) is 0 Å². The van der Waals surface area contributed by atoms with E-state index in [-0.39, 0.29) is 17.6 Å². The standard InChI is InChI=1S/C28H26F3N5O4/c1-17(2)23-14-22(39-3)12-13-24(23)34-26(38)15-25(37)33-19-6-4-18(5-7-19)27-32-16-36(35-27)20-8-10-21(11-9-20)40-28(29,30)31/h4-17,34,38H,1-3H3,(H,33,37)/b26-15-. The largest absolute Gasteiger partial charge is 0.573 e. The lowest BCUT2D eigenvalue weighted by atomic mass is 10.0. The van der Waals surface area contributed by atoms with Gasteiger partial charge < -0.3 is 25.2 Å². The van der Waals surface area contributed by atoms with Crippen molar-refractivity contribution in [3.05, 3.63) is 90.6 Å². The molecule has 0 saturated heterocycles. The van der Waals surface area contributed by atoms with Gasteiger partial charge in [0.25, 0.3) is 5.91 Å². The van der Waals surface area contributed by atoms with E-state index in [1.165, 1.54) is 35.3 Å². The van der Waals surface area contributed by atoms with Gasteiger partial charge in [-0.25, -0.2) is 9.67 Å². The second-order valence-corrected chi connectivity index (χ2v) is 8.88. The molecule has 9 nitrogen and oxygen atoms in total. The number of anilines is 2. The SMILES string of the molecule is COc1ccc(N/C(O)=C/C(=O)Nc2ccc(-c3ncn(-c4ccc(OC(F)(F)F)cc4)n3)cc2)c(C(C)C)c1. The highest BCUT2D eigenvalue weighted by Crippen LogP contribution is 2.29. The first-order chi connectivity index (χ1) is 19.0. The van der Waals surface area contributed by atoms with Gasteiger partial charge in [-0.1, -0.05) is 13.8 Å². The van der Waals surface area contributed by atoms with Gasteiger partial charge in [-0.15, -0.1) is 18.3 Å². The van der Waals surface area contributed by atoms with Crippen molar-refractivity contribution in [2.24, 2.45) is 0 Å². The zero-order valence-corrected chi connectivity index (χ0v) is 21.7. The van der Waals surface area contributed by atoms with Crippen molar-refractivity contribution in [1.29, 1.82) is 0 Å². The van der Waals surface area contributed by atoms with Crippen molar-refractivity contribution in [3.8, 4) is 28.6 Å². The Morgan fingerprint density at radius 1 is 1.00 bits per heavy atom. The minimum absolute atomic E-state index is 0.150. The lowest BCUT2D eigenvalue weighted by Gasteiger charge is -2.15. The summed E-state index contributed by atoms with van der Waals surface area (Å²) in [4.78, 5) is 16.7. The highest BCUT2D eigenvalue weighted by molar-refractivity contribution is 5.99. The molecular formula is C28H26F3N5O4. The van der Waals surface area contributed by atoms with Crippen molar-refractivity contribution in [2.75, 3.05) is 17.7 Å². The van der Waals surface area contributed by atoms with Crippen LogP contribution in [0.25, 0.3) is 17.1 Å². The number of hydrogen-bond acceptors (Lipinski definition) is 7. The first-order valence-electron chi connectivity index (χ1n) is 12.1. The van der Waals surface area contributed by atoms with Gasteiger partial charge in [0.15, 0.2) is 11.7 Å². The Labute approximate surface area is 227 Å². The topological polar surface area (TPSA) is 111 Å². The van der Waals surface area contributed by atoms with Gasteiger partial charge in [0, 0.05) is 16.9 Å². The first-order valence-corrected chi connectivity index (χ1v) is 12.1. The molecule has 12 heteroatoms. The van der Waals surface area contributed by atoms with Crippen LogP contribution in [-0.4, -0.2) is 39.3 Å². The summed E-state index contributed by atoms with van der Waals surface area (Å²) >= 11 is 0. The van der Waals surface area contributed by atoms with Crippen LogP contribution in [0.1, 0.15) is 25.3 Å². The smallest absolute Gasteiger partial charge is 0.497 e. The molecule has 0 saturated carbocycles. The minimum Gasteiger partial charge on any atom is -0.497 e. The maximum absolute atomic E-state index is 12.4. The number of nitrogens with one attached hydrogen (secondary N) is 2. The van der Waals surface area contributed by atoms with Crippen LogP contribution < -0.4 is 20.1 Å². The number of rotatable bonds is 9. The zero-order valence-electron chi connectivity index (χ0n) is 21.7. The molecular weight excluding hydrogens is 527 g/mol. The molecule has 0 aliphatic carbocycles. The number of benzene rings is 3. The highest BCUT2D eigenvalue weighted by Gasteiger charge is 2.31. The van der Waals surface area contributed by atoms with Crippen LogP contribution in [0, 0.1) is 0 Å². The number of alkyl halides is 3. The third-order valence-electron chi connectivity index (χ3n) is 5.65. The number of hydrogen-bond donors (Lipinski definition) is 3. The molecule has 4 aromatic rings. The van der Waals surface area contributed by atoms with E-state index >= 15 is 0 Å². The van der Waals surface area contributed by atoms with Crippen LogP contribution in [0.15, 0.2) is 85.0 Å². The number of ether oxygens (including phenoxy) is 2. The molecule has 0 fully saturated rings. The van der Waals surface area contributed by atoms with Crippen molar-refractivity contribution in [1.82, 2.24) is 14.8 Å². The Bertz CT molecular complexity index is 1500. The highest BCUT2D eigenvalue weighted by atomic mass is 19.4. The fourth-order valence-electron chi connectivity index (χ4n) is 3.76. The van der Waals surface area contributed by atoms with Gasteiger partial charge in [-0.3, -0.25) is 4.79 Å². The molecule has 0 radical (unpaired) electrons. The average molecular weight is 554 g/mol. The maximum atomic E-state index is 12.4. The summed E-state index contributed by atoms with van der Waals surface area (Å²) in [5.41, 5.74) is 3.19. The summed E-state index contributed by atoms with van der Waals surface area (Å²) < 4.78 is 47.6. The lowest BCUT2D eigenvalue weighted by Crippen LogP contribution is -2.17. The quantitative estimate of drug-likeness (QED) is 0.162. The second-order valence-electron chi connectivity index (χ2n) is 8.88. The first kappa shape index (κ1) is 28.0. The summed E-state index contributed by atoms with van der Waals surface area (Å²) in [5, 5.41) is 20.2. The summed E-state index contributed by atoms with van der Waals surface area (Å²) in [5.74, 6) is 0.00284. The number of aromatic nitrogens is 3. The Hall–Kier alpha value is -5.00. The van der Waals surface area contributed by atoms with Crippen LogP contribution in [0.3, 0.4) is 0 Å². The van der Waals surface area contributed by atoms with Gasteiger partial charge >= 0.3 is 6.36 Å². The van der Waals surface area contributed by atoms with Crippen LogP contribution in [0.4, 0.5) is 24.5 Å². The number of carbonyl (C=O) groups is 1. The normalized spacial score (nSPS) is 11.8. The number of carbonyl (C=O) groups excluding carboxylic acids is 1. The van der Waals surface area contributed by atoms with Crippen molar-refractivity contribution >= 4 is 17.3 Å². The number of aliphatic hydroxyl groups excluding tert-OH is 1. The average Bonchev–Trinajstić information content (AvgIpc) is 3.39. The molecule has 208 valence electrons. The van der Waals surface area contributed by atoms with E-state index in [2.05, 4.69) is 25.5 Å². The molecule has 0 unspecified atom stereocenters. The van der Waals surface area contributed by atoms with Crippen LogP contribution in [0.5, 0.6) is 11.5 Å². The van der Waals surface area contributed by atoms with E-state index in [1.54, 1.807) is 43.5 Å². The minimum atomic E-state index is -4.77. The van der Waals surface area contributed by atoms with Crippen LogP contribution >= 0.6 is 0 Å². The van der Waals surface area contributed by atoms with E-state index in [0.29, 0.717) is 34.2 Å². The molecule has 3 aromatic carbocycles. The summed E-state index contributed by atoms with van der Waals surface area (Å²) in [6.45, 7) is 4.01. The van der Waals surface area contributed by atoms with Crippen LogP contribution in [0.2, 0.25) is 0 Å². The lowest BCUT2D eigenvalue weighted by molar-refractivity contribution is -0.274. The molecule has 1 heterocycles. The predicted octanol–water partition coefficient (Wildman–Crippen LogP) is 6.41. The molecule has 3 N–H and O–H groups in total. The van der Waals surface area contributed by atoms with Gasteiger partial charge in [0.05, 0.1) is 18.9 Å². The Morgan fingerprint density at radius 2 is 1.68 bits per heavy atom. The Kier molecular flexibility index (Phi) is 8.27. The second kappa shape index (κ2) is 11.8. The summed E-state index contributed by atoms with van der Waals surface area (Å²) in [6, 6.07) is 17.3. The van der Waals surface area contributed by atoms with Crippen molar-refractivity contribution in [2.45, 2.75) is 26.1 Å². The van der Waals surface area contributed by atoms with E-state index in [0.717, 1.165) is 11.6 Å². The van der Waals surface area contributed by atoms with E-state index < -0.39 is 12.3 Å². The molecule has 1 aromatic heterocycles. The number of nitrogens with zero attached hydrogens (tertiary/aromatic N) is 3. The number of halogens is 3. The molecule has 40 heavy (non-hydrogen) atoms. The third-order valence-corrected chi connectivity index (χ3v) is 5.65. The van der Waals surface area contributed by atoms with E-state index in [9.17, 15) is 23.1 Å². The Balaban J connectivity index is 1.38. The molecule has 4 rings (SSSR count). The van der Waals surface area contributed by atoms with Crippen LogP contribution in [-0.2, 0) is 4.79 Å². The van der Waals surface area contributed by atoms with Crippen molar-refractivity contribution < 1.29 is 32.5 Å². The molecule has 0 aliphatic heterocycles. The number of amides is 1. The van der Waals surface area contributed by atoms with Gasteiger partial charge in [0.1, 0.15) is 17.8 Å². The number of methoxy groups -OCH3 is 1. The zero-order chi connectivity index (χ0) is 28.9. The molecule has 0 spiro atoms. The molecule has 0 bridgehead atoms. The van der Waals surface area contributed by atoms with Crippen molar-refractivity contribution in [3.63, 3.8) is 0 Å². The fourth-order valence-corrected chi connectivity index (χ4v) is 3.76. The molecule has 1 amide bonds. The molecule has 0 atom stereocenters. The van der Waals surface area contributed by atoms with Gasteiger partial charge in [0.2, 0.25) is 0 Å². The maximum Gasteiger partial charge on any atom is 0.573 e. The predicted molar refractivity (Wildman–Crippen MR) is 144 cm³/mol. The third kappa shape index (κ3) is 7.31. The number of aliphatic hydroxyl groups is 1. The van der Waals surface area contributed by atoms with Gasteiger partial charge in [-0.05, 0) is 78.2 Å². The van der Waals surface area contributed by atoms with E-state index in [1.807, 2.05) is 19.9 Å². The monoisotopic (exact) mass is 553 g/mol. The fraction of sp³-hybridized carbons (Fsp3) is 0.179.